The molecule has 1 atom stereocenters. The number of carbonyl (C=O) groups excluding carboxylic acids is 2. The third kappa shape index (κ3) is 6.22. The maximum atomic E-state index is 12.2. The summed E-state index contributed by atoms with van der Waals surface area (Å²) in [5, 5.41) is 2.80. The van der Waals surface area contributed by atoms with E-state index in [1.807, 2.05) is 39.5 Å². The topological polar surface area (TPSA) is 84.7 Å². The summed E-state index contributed by atoms with van der Waals surface area (Å²) >= 11 is 0. The smallest absolute Gasteiger partial charge is 0.407 e. The van der Waals surface area contributed by atoms with E-state index >= 15 is 0 Å². The minimum atomic E-state index is -0.479. The van der Waals surface area contributed by atoms with E-state index < -0.39 is 11.6 Å². The number of amides is 2. The van der Waals surface area contributed by atoms with Crippen molar-refractivity contribution in [3.05, 3.63) is 0 Å². The molecule has 2 amide bonds. The number of nitrogens with zero attached hydrogens (tertiary/aromatic N) is 1. The van der Waals surface area contributed by atoms with E-state index in [1.54, 1.807) is 0 Å². The average molecular weight is 313 g/mol. The van der Waals surface area contributed by atoms with E-state index in [0.717, 1.165) is 12.8 Å². The Morgan fingerprint density at radius 2 is 1.82 bits per heavy atom. The zero-order valence-electron chi connectivity index (χ0n) is 14.5. The normalized spacial score (nSPS) is 18.2. The van der Waals surface area contributed by atoms with Gasteiger partial charge in [-0.05, 0) is 45.4 Å². The molecule has 1 saturated heterocycles. The zero-order chi connectivity index (χ0) is 16.9. The van der Waals surface area contributed by atoms with Crippen molar-refractivity contribution in [1.29, 1.82) is 0 Å². The second kappa shape index (κ2) is 7.81. The summed E-state index contributed by atoms with van der Waals surface area (Å²) in [6.07, 6.45) is 1.38. The maximum absolute atomic E-state index is 12.2. The quantitative estimate of drug-likeness (QED) is 0.828. The Labute approximate surface area is 133 Å². The Hall–Kier alpha value is -1.30. The molecule has 1 aliphatic rings. The first-order valence-corrected chi connectivity index (χ1v) is 8.11. The summed E-state index contributed by atoms with van der Waals surface area (Å²) in [6.45, 7) is 11.4. The van der Waals surface area contributed by atoms with E-state index in [4.69, 9.17) is 10.5 Å². The highest BCUT2D eigenvalue weighted by Crippen LogP contribution is 2.18. The molecular weight excluding hydrogens is 282 g/mol. The van der Waals surface area contributed by atoms with Gasteiger partial charge >= 0.3 is 6.09 Å². The minimum Gasteiger partial charge on any atom is -0.444 e. The van der Waals surface area contributed by atoms with Crippen molar-refractivity contribution in [2.75, 3.05) is 19.6 Å². The van der Waals surface area contributed by atoms with Crippen molar-refractivity contribution in [3.8, 4) is 0 Å². The predicted molar refractivity (Wildman–Crippen MR) is 86.4 cm³/mol. The van der Waals surface area contributed by atoms with Crippen LogP contribution in [0.5, 0.6) is 0 Å². The van der Waals surface area contributed by atoms with Gasteiger partial charge in [-0.1, -0.05) is 13.8 Å². The lowest BCUT2D eigenvalue weighted by Gasteiger charge is -2.34. The predicted octanol–water partition coefficient (Wildman–Crippen LogP) is 1.73. The van der Waals surface area contributed by atoms with Crippen LogP contribution in [0.1, 0.15) is 47.5 Å². The number of hydrogen-bond donors (Lipinski definition) is 2. The van der Waals surface area contributed by atoms with Crippen LogP contribution in [-0.2, 0) is 9.53 Å². The van der Waals surface area contributed by atoms with Crippen LogP contribution in [0.2, 0.25) is 0 Å². The highest BCUT2D eigenvalue weighted by Gasteiger charge is 2.28. The number of hydrogen-bond acceptors (Lipinski definition) is 4. The van der Waals surface area contributed by atoms with Gasteiger partial charge in [0.2, 0.25) is 5.91 Å². The van der Waals surface area contributed by atoms with Gasteiger partial charge < -0.3 is 20.7 Å². The van der Waals surface area contributed by atoms with Gasteiger partial charge in [0.1, 0.15) is 5.60 Å². The van der Waals surface area contributed by atoms with E-state index in [9.17, 15) is 9.59 Å². The molecule has 1 unspecified atom stereocenters. The van der Waals surface area contributed by atoms with Crippen molar-refractivity contribution in [3.63, 3.8) is 0 Å². The highest BCUT2D eigenvalue weighted by molar-refractivity contribution is 5.82. The van der Waals surface area contributed by atoms with Crippen LogP contribution >= 0.6 is 0 Å². The Bertz CT molecular complexity index is 383. The van der Waals surface area contributed by atoms with E-state index in [1.165, 1.54) is 0 Å². The van der Waals surface area contributed by atoms with Crippen molar-refractivity contribution in [2.24, 2.45) is 17.6 Å². The minimum absolute atomic E-state index is 0.0357. The number of nitrogens with two attached hydrogens (primary N) is 1. The second-order valence-electron chi connectivity index (χ2n) is 7.42. The molecule has 0 radical (unpaired) electrons. The SMILES string of the molecule is CC(C)C(N)C(=O)N1CCC(CNC(=O)OC(C)(C)C)CC1. The maximum Gasteiger partial charge on any atom is 0.407 e. The summed E-state index contributed by atoms with van der Waals surface area (Å²) < 4.78 is 5.21. The van der Waals surface area contributed by atoms with E-state index in [0.29, 0.717) is 25.6 Å². The molecule has 6 nitrogen and oxygen atoms in total. The summed E-state index contributed by atoms with van der Waals surface area (Å²) in [6, 6.07) is -0.420. The molecule has 1 rings (SSSR count). The summed E-state index contributed by atoms with van der Waals surface area (Å²) in [4.78, 5) is 25.6. The lowest BCUT2D eigenvalue weighted by Crippen LogP contribution is -2.50. The monoisotopic (exact) mass is 313 g/mol. The number of nitrogens with one attached hydrogen (secondary N) is 1. The molecule has 22 heavy (non-hydrogen) atoms. The van der Waals surface area contributed by atoms with Gasteiger partial charge in [0, 0.05) is 19.6 Å². The molecule has 0 aromatic carbocycles. The molecule has 3 N–H and O–H groups in total. The fourth-order valence-electron chi connectivity index (χ4n) is 2.40. The molecule has 0 aromatic rings. The van der Waals surface area contributed by atoms with Gasteiger partial charge in [-0.15, -0.1) is 0 Å². The summed E-state index contributed by atoms with van der Waals surface area (Å²) in [7, 11) is 0. The Morgan fingerprint density at radius 1 is 1.27 bits per heavy atom. The molecule has 128 valence electrons. The molecule has 0 aliphatic carbocycles. The number of alkyl carbamates (subject to hydrolysis) is 1. The number of carbonyl (C=O) groups is 2. The van der Waals surface area contributed by atoms with Crippen molar-refractivity contribution in [1.82, 2.24) is 10.2 Å². The zero-order valence-corrected chi connectivity index (χ0v) is 14.5. The molecule has 1 heterocycles. The van der Waals surface area contributed by atoms with Crippen LogP contribution in [0.4, 0.5) is 4.79 Å². The standard InChI is InChI=1S/C16H31N3O3/c1-11(2)13(17)14(20)19-8-6-12(7-9-19)10-18-15(21)22-16(3,4)5/h11-13H,6-10,17H2,1-5H3,(H,18,21). The number of rotatable bonds is 4. The third-order valence-corrected chi connectivity index (χ3v) is 3.86. The van der Waals surface area contributed by atoms with Gasteiger partial charge in [-0.2, -0.15) is 0 Å². The van der Waals surface area contributed by atoms with Crippen LogP contribution in [0.25, 0.3) is 0 Å². The van der Waals surface area contributed by atoms with Gasteiger partial charge in [0.25, 0.3) is 0 Å². The third-order valence-electron chi connectivity index (χ3n) is 3.86. The van der Waals surface area contributed by atoms with Crippen molar-refractivity contribution in [2.45, 2.75) is 59.1 Å². The van der Waals surface area contributed by atoms with Crippen LogP contribution < -0.4 is 11.1 Å². The summed E-state index contributed by atoms with van der Waals surface area (Å²) in [5.74, 6) is 0.569. The van der Waals surface area contributed by atoms with E-state index in [2.05, 4.69) is 5.32 Å². The first kappa shape index (κ1) is 18.7. The average Bonchev–Trinajstić information content (AvgIpc) is 2.42. The first-order valence-electron chi connectivity index (χ1n) is 8.11. The van der Waals surface area contributed by atoms with Gasteiger partial charge in [-0.25, -0.2) is 4.79 Å². The molecule has 1 fully saturated rings. The Kier molecular flexibility index (Phi) is 6.66. The molecule has 0 aromatic heterocycles. The molecule has 6 heteroatoms. The lowest BCUT2D eigenvalue weighted by atomic mass is 9.95. The van der Waals surface area contributed by atoms with Crippen LogP contribution in [0.15, 0.2) is 0 Å². The second-order valence-corrected chi connectivity index (χ2v) is 7.42. The van der Waals surface area contributed by atoms with E-state index in [-0.39, 0.29) is 17.9 Å². The highest BCUT2D eigenvalue weighted by atomic mass is 16.6. The molecule has 0 spiro atoms. The summed E-state index contributed by atoms with van der Waals surface area (Å²) in [5.41, 5.74) is 5.44. The number of piperidine rings is 1. The fraction of sp³-hybridized carbons (Fsp3) is 0.875. The first-order chi connectivity index (χ1) is 10.1. The van der Waals surface area contributed by atoms with Gasteiger partial charge in [0.05, 0.1) is 6.04 Å². The molecule has 0 bridgehead atoms. The molecule has 0 saturated carbocycles. The number of likely N-dealkylation sites (tertiary alicyclic amines) is 1. The molecule has 1 aliphatic heterocycles. The van der Waals surface area contributed by atoms with Crippen LogP contribution in [0.3, 0.4) is 0 Å². The Balaban J connectivity index is 2.31. The van der Waals surface area contributed by atoms with Gasteiger partial charge in [-0.3, -0.25) is 4.79 Å². The number of ether oxygens (including phenoxy) is 1. The van der Waals surface area contributed by atoms with Crippen molar-refractivity contribution < 1.29 is 14.3 Å². The lowest BCUT2D eigenvalue weighted by molar-refractivity contribution is -0.134. The largest absolute Gasteiger partial charge is 0.444 e. The molecular formula is C16H31N3O3. The fourth-order valence-corrected chi connectivity index (χ4v) is 2.40. The van der Waals surface area contributed by atoms with Crippen LogP contribution in [0, 0.1) is 11.8 Å². The van der Waals surface area contributed by atoms with Gasteiger partial charge in [0.15, 0.2) is 0 Å². The Morgan fingerprint density at radius 3 is 2.27 bits per heavy atom. The van der Waals surface area contributed by atoms with Crippen molar-refractivity contribution >= 4 is 12.0 Å². The van der Waals surface area contributed by atoms with Crippen LogP contribution in [-0.4, -0.2) is 48.2 Å².